The number of rotatable bonds is 6. The van der Waals surface area contributed by atoms with E-state index in [-0.39, 0.29) is 22.4 Å². The molecule has 1 aliphatic carbocycles. The van der Waals surface area contributed by atoms with Gasteiger partial charge in [-0.15, -0.1) is 10.2 Å². The third-order valence-electron chi connectivity index (χ3n) is 6.19. The van der Waals surface area contributed by atoms with E-state index in [2.05, 4.69) is 59.5 Å². The van der Waals surface area contributed by atoms with E-state index in [1.165, 1.54) is 23.3 Å². The molecule has 1 unspecified atom stereocenters. The minimum Gasteiger partial charge on any atom is -0.351 e. The molecule has 1 saturated carbocycles. The zero-order valence-electron chi connectivity index (χ0n) is 19.9. The maximum atomic E-state index is 13.8. The Morgan fingerprint density at radius 2 is 1.88 bits per heavy atom. The summed E-state index contributed by atoms with van der Waals surface area (Å²) >= 11 is 1.17. The van der Waals surface area contributed by atoms with Crippen LogP contribution in [0.3, 0.4) is 0 Å². The highest BCUT2D eigenvalue weighted by molar-refractivity contribution is 7.15. The van der Waals surface area contributed by atoms with E-state index >= 15 is 0 Å². The van der Waals surface area contributed by atoms with Crippen LogP contribution in [-0.2, 0) is 10.2 Å². The molecule has 0 aliphatic heterocycles. The van der Waals surface area contributed by atoms with E-state index in [0.29, 0.717) is 5.13 Å². The molecule has 0 saturated heterocycles. The van der Waals surface area contributed by atoms with Gasteiger partial charge in [-0.1, -0.05) is 69.6 Å². The van der Waals surface area contributed by atoms with Crippen molar-refractivity contribution in [2.75, 3.05) is 4.90 Å². The van der Waals surface area contributed by atoms with Crippen molar-refractivity contribution in [3.63, 3.8) is 0 Å². The van der Waals surface area contributed by atoms with Crippen molar-refractivity contribution in [2.45, 2.75) is 70.4 Å². The predicted octanol–water partition coefficient (Wildman–Crippen LogP) is 5.43. The highest BCUT2D eigenvalue weighted by Crippen LogP contribution is 2.38. The molecule has 0 spiro atoms. The molecule has 2 heterocycles. The predicted molar refractivity (Wildman–Crippen MR) is 134 cm³/mol. The molecule has 7 nitrogen and oxygen atoms in total. The Morgan fingerprint density at radius 3 is 2.47 bits per heavy atom. The number of benzene rings is 1. The molecule has 0 bridgehead atoms. The number of hydrogen-bond acceptors (Lipinski definition) is 7. The van der Waals surface area contributed by atoms with Gasteiger partial charge in [0.05, 0.1) is 0 Å². The number of aromatic nitrogens is 3. The summed E-state index contributed by atoms with van der Waals surface area (Å²) < 4.78 is 0. The van der Waals surface area contributed by atoms with Gasteiger partial charge in [-0.2, -0.15) is 5.26 Å². The van der Waals surface area contributed by atoms with Crippen LogP contribution < -0.4 is 10.2 Å². The Labute approximate surface area is 204 Å². The summed E-state index contributed by atoms with van der Waals surface area (Å²) in [4.78, 5) is 20.0. The third kappa shape index (κ3) is 5.42. The Kier molecular flexibility index (Phi) is 7.23. The van der Waals surface area contributed by atoms with Crippen LogP contribution in [0.1, 0.15) is 75.1 Å². The lowest BCUT2D eigenvalue weighted by Crippen LogP contribution is -2.44. The second-order valence-corrected chi connectivity index (χ2v) is 10.7. The molecule has 1 atom stereocenters. The number of pyridine rings is 1. The van der Waals surface area contributed by atoms with E-state index in [1.807, 2.05) is 29.2 Å². The van der Waals surface area contributed by atoms with Crippen LogP contribution in [0, 0.1) is 11.3 Å². The lowest BCUT2D eigenvalue weighted by atomic mass is 9.87. The fourth-order valence-corrected chi connectivity index (χ4v) is 5.02. The van der Waals surface area contributed by atoms with Crippen LogP contribution in [0.15, 0.2) is 48.8 Å². The first-order chi connectivity index (χ1) is 16.4. The summed E-state index contributed by atoms with van der Waals surface area (Å²) in [6.07, 6.45) is 8.86. The summed E-state index contributed by atoms with van der Waals surface area (Å²) in [6.45, 7) is 6.50. The Hall–Kier alpha value is -3.31. The first-order valence-electron chi connectivity index (χ1n) is 11.7. The largest absolute Gasteiger partial charge is 0.351 e. The van der Waals surface area contributed by atoms with Crippen molar-refractivity contribution in [3.8, 4) is 6.07 Å². The van der Waals surface area contributed by atoms with Crippen molar-refractivity contribution in [3.05, 3.63) is 64.9 Å². The van der Waals surface area contributed by atoms with Crippen LogP contribution in [0.5, 0.6) is 0 Å². The van der Waals surface area contributed by atoms with Gasteiger partial charge in [0.1, 0.15) is 12.1 Å². The van der Waals surface area contributed by atoms with E-state index in [0.717, 1.165) is 36.9 Å². The lowest BCUT2D eigenvalue weighted by molar-refractivity contribution is -0.123. The summed E-state index contributed by atoms with van der Waals surface area (Å²) in [7, 11) is 0. The molecule has 176 valence electrons. The minimum atomic E-state index is -0.699. The normalized spacial score (nSPS) is 15.4. The highest BCUT2D eigenvalue weighted by Gasteiger charge is 2.33. The van der Waals surface area contributed by atoms with Crippen molar-refractivity contribution >= 4 is 28.1 Å². The fourth-order valence-electron chi connectivity index (χ4n) is 4.33. The Morgan fingerprint density at radius 1 is 1.15 bits per heavy atom. The number of nitrogens with one attached hydrogen (secondary N) is 1. The monoisotopic (exact) mass is 474 g/mol. The maximum Gasteiger partial charge on any atom is 0.248 e. The standard InChI is InChI=1S/C26H30N6OS/c1-26(2,3)19-11-13-21(14-12-19)32(25-31-30-22(16-27)34-25)23(18-8-7-15-28-17-18)24(33)29-20-9-5-4-6-10-20/h7-8,11-15,17,20,23H,4-6,9-10H2,1-3H3,(H,29,33). The van der Waals surface area contributed by atoms with E-state index < -0.39 is 6.04 Å². The average Bonchev–Trinajstić information content (AvgIpc) is 3.32. The molecular weight excluding hydrogens is 444 g/mol. The number of nitriles is 1. The number of carbonyl (C=O) groups is 1. The number of hydrogen-bond donors (Lipinski definition) is 1. The zero-order valence-corrected chi connectivity index (χ0v) is 20.7. The first kappa shape index (κ1) is 23.8. The molecular formula is C26H30N6OS. The number of nitrogens with zero attached hydrogens (tertiary/aromatic N) is 5. The molecule has 3 aromatic rings. The van der Waals surface area contributed by atoms with Crippen molar-refractivity contribution < 1.29 is 4.79 Å². The summed E-state index contributed by atoms with van der Waals surface area (Å²) in [6, 6.07) is 13.4. The van der Waals surface area contributed by atoms with E-state index in [4.69, 9.17) is 0 Å². The lowest BCUT2D eigenvalue weighted by Gasteiger charge is -2.33. The quantitative estimate of drug-likeness (QED) is 0.512. The average molecular weight is 475 g/mol. The van der Waals surface area contributed by atoms with Crippen molar-refractivity contribution in [1.82, 2.24) is 20.5 Å². The maximum absolute atomic E-state index is 13.8. The van der Waals surface area contributed by atoms with Crippen molar-refractivity contribution in [2.24, 2.45) is 0 Å². The molecule has 1 aliphatic rings. The van der Waals surface area contributed by atoms with Crippen LogP contribution in [0.2, 0.25) is 0 Å². The molecule has 1 N–H and O–H groups in total. The van der Waals surface area contributed by atoms with Crippen molar-refractivity contribution in [1.29, 1.82) is 5.26 Å². The Balaban J connectivity index is 1.79. The fraction of sp³-hybridized carbons (Fsp3) is 0.423. The summed E-state index contributed by atoms with van der Waals surface area (Å²) in [5.74, 6) is -0.103. The Bertz CT molecular complexity index is 1140. The van der Waals surface area contributed by atoms with Gasteiger partial charge in [0, 0.05) is 29.7 Å². The molecule has 8 heteroatoms. The smallest absolute Gasteiger partial charge is 0.248 e. The van der Waals surface area contributed by atoms with Gasteiger partial charge in [0.15, 0.2) is 0 Å². The second kappa shape index (κ2) is 10.3. The zero-order chi connectivity index (χ0) is 24.1. The molecule has 34 heavy (non-hydrogen) atoms. The molecule has 1 amide bonds. The minimum absolute atomic E-state index is 0.00117. The SMILES string of the molecule is CC(C)(C)c1ccc(N(c2nnc(C#N)s2)C(C(=O)NC2CCCCC2)c2cccnc2)cc1. The van der Waals surface area contributed by atoms with Gasteiger partial charge in [0.2, 0.25) is 16.0 Å². The second-order valence-electron chi connectivity index (χ2n) is 9.70. The van der Waals surface area contributed by atoms with Crippen LogP contribution >= 0.6 is 11.3 Å². The number of anilines is 2. The van der Waals surface area contributed by atoms with Gasteiger partial charge in [-0.05, 0) is 42.0 Å². The van der Waals surface area contributed by atoms with Gasteiger partial charge < -0.3 is 5.32 Å². The molecule has 4 rings (SSSR count). The summed E-state index contributed by atoms with van der Waals surface area (Å²) in [5, 5.41) is 21.7. The highest BCUT2D eigenvalue weighted by atomic mass is 32.1. The van der Waals surface area contributed by atoms with Crippen LogP contribution in [-0.4, -0.2) is 27.1 Å². The molecule has 1 aromatic carbocycles. The summed E-state index contributed by atoms with van der Waals surface area (Å²) in [5.41, 5.74) is 2.75. The van der Waals surface area contributed by atoms with Gasteiger partial charge in [-0.25, -0.2) is 0 Å². The first-order valence-corrected chi connectivity index (χ1v) is 12.5. The topological polar surface area (TPSA) is 94.8 Å². The van der Waals surface area contributed by atoms with Gasteiger partial charge >= 0.3 is 0 Å². The van der Waals surface area contributed by atoms with Crippen LogP contribution in [0.4, 0.5) is 10.8 Å². The molecule has 1 fully saturated rings. The third-order valence-corrected chi connectivity index (χ3v) is 7.01. The molecule has 0 radical (unpaired) electrons. The van der Waals surface area contributed by atoms with Gasteiger partial charge in [0.25, 0.3) is 0 Å². The number of carbonyl (C=O) groups excluding carboxylic acids is 1. The van der Waals surface area contributed by atoms with Gasteiger partial charge in [-0.3, -0.25) is 14.7 Å². The van der Waals surface area contributed by atoms with E-state index in [1.54, 1.807) is 12.4 Å². The van der Waals surface area contributed by atoms with E-state index in [9.17, 15) is 10.1 Å². The van der Waals surface area contributed by atoms with Crippen LogP contribution in [0.25, 0.3) is 0 Å². The number of amides is 1. The molecule has 2 aromatic heterocycles.